The molecule has 0 saturated heterocycles. The molecule has 0 aliphatic heterocycles. The first-order valence-corrected chi connectivity index (χ1v) is 4.86. The van der Waals surface area contributed by atoms with E-state index < -0.39 is 5.92 Å². The van der Waals surface area contributed by atoms with Crippen molar-refractivity contribution in [1.29, 1.82) is 0 Å². The van der Waals surface area contributed by atoms with Crippen LogP contribution in [0.15, 0.2) is 36.5 Å². The van der Waals surface area contributed by atoms with Crippen molar-refractivity contribution in [2.45, 2.75) is 12.8 Å². The summed E-state index contributed by atoms with van der Waals surface area (Å²) in [5, 5.41) is 0. The maximum atomic E-state index is 11.5. The number of carbonyl (C=O) groups excluding carboxylic acids is 2. The van der Waals surface area contributed by atoms with E-state index in [0.717, 1.165) is 0 Å². The number of hydrogen-bond acceptors (Lipinski definition) is 2. The van der Waals surface area contributed by atoms with Gasteiger partial charge >= 0.3 is 0 Å². The second-order valence-corrected chi connectivity index (χ2v) is 3.64. The highest BCUT2D eigenvalue weighted by atomic mass is 16.2. The van der Waals surface area contributed by atoms with Crippen LogP contribution in [0.2, 0.25) is 0 Å². The summed E-state index contributed by atoms with van der Waals surface area (Å²) < 4.78 is 0. The van der Waals surface area contributed by atoms with Gasteiger partial charge < -0.3 is 0 Å². The van der Waals surface area contributed by atoms with Crippen molar-refractivity contribution >= 4 is 11.6 Å². The fraction of sp³-hybridized carbons (Fsp3) is 0.333. The van der Waals surface area contributed by atoms with Crippen LogP contribution >= 0.6 is 0 Å². The van der Waals surface area contributed by atoms with Crippen LogP contribution in [0, 0.1) is 11.8 Å². The van der Waals surface area contributed by atoms with Gasteiger partial charge in [-0.05, 0) is 0 Å². The molecular weight excluding hydrogens is 176 g/mol. The van der Waals surface area contributed by atoms with Gasteiger partial charge in [0.15, 0.2) is 0 Å². The van der Waals surface area contributed by atoms with Crippen LogP contribution in [0.25, 0.3) is 0 Å². The summed E-state index contributed by atoms with van der Waals surface area (Å²) in [5.74, 6) is -0.262. The zero-order chi connectivity index (χ0) is 9.97. The Hall–Kier alpha value is -1.44. The molecule has 0 spiro atoms. The number of hydrogen-bond donors (Lipinski definition) is 0. The zero-order valence-corrected chi connectivity index (χ0v) is 7.85. The third kappa shape index (κ3) is 1.60. The Morgan fingerprint density at radius 1 is 0.857 bits per heavy atom. The van der Waals surface area contributed by atoms with E-state index in [1.165, 1.54) is 0 Å². The van der Waals surface area contributed by atoms with Crippen LogP contribution in [-0.2, 0) is 9.59 Å². The smallest absolute Gasteiger partial charge is 0.144 e. The van der Waals surface area contributed by atoms with Crippen LogP contribution in [0.5, 0.6) is 0 Å². The average Bonchev–Trinajstić information content (AvgIpc) is 2.45. The van der Waals surface area contributed by atoms with Crippen LogP contribution in [0.3, 0.4) is 0 Å². The van der Waals surface area contributed by atoms with Gasteiger partial charge in [-0.15, -0.1) is 0 Å². The van der Waals surface area contributed by atoms with Gasteiger partial charge in [-0.1, -0.05) is 36.5 Å². The summed E-state index contributed by atoms with van der Waals surface area (Å²) in [7, 11) is 0. The van der Waals surface area contributed by atoms with Gasteiger partial charge in [0.2, 0.25) is 0 Å². The number of Topliss-reactive ketones (excluding diaryl/α,β-unsaturated/α-hetero) is 2. The molecule has 2 heteroatoms. The van der Waals surface area contributed by atoms with Crippen molar-refractivity contribution in [1.82, 2.24) is 0 Å². The van der Waals surface area contributed by atoms with Gasteiger partial charge in [0.05, 0.1) is 5.92 Å². The van der Waals surface area contributed by atoms with E-state index in [-0.39, 0.29) is 17.5 Å². The Kier molecular flexibility index (Phi) is 2.44. The summed E-state index contributed by atoms with van der Waals surface area (Å²) in [4.78, 5) is 23.0. The minimum atomic E-state index is -0.414. The third-order valence-electron chi connectivity index (χ3n) is 2.70. The highest BCUT2D eigenvalue weighted by Gasteiger charge is 2.36. The fourth-order valence-electron chi connectivity index (χ4n) is 1.97. The van der Waals surface area contributed by atoms with E-state index >= 15 is 0 Å². The summed E-state index contributed by atoms with van der Waals surface area (Å²) in [6, 6.07) is 0. The molecule has 0 aromatic heterocycles. The summed E-state index contributed by atoms with van der Waals surface area (Å²) in [6.07, 6.45) is 12.3. The van der Waals surface area contributed by atoms with Crippen molar-refractivity contribution in [3.63, 3.8) is 0 Å². The number of rotatable bonds is 1. The van der Waals surface area contributed by atoms with Gasteiger partial charge in [-0.25, -0.2) is 0 Å². The second kappa shape index (κ2) is 3.74. The van der Waals surface area contributed by atoms with E-state index in [4.69, 9.17) is 0 Å². The first-order valence-electron chi connectivity index (χ1n) is 4.86. The molecule has 2 aliphatic carbocycles. The topological polar surface area (TPSA) is 34.1 Å². The van der Waals surface area contributed by atoms with E-state index in [1.807, 2.05) is 36.5 Å². The standard InChI is InChI=1S/C12H12O2/c13-10-7-8-11(14)12(10)9-5-3-1-2-4-6-9/h1-6,9,12H,7-8H2. The number of allylic oxidation sites excluding steroid dienone is 6. The van der Waals surface area contributed by atoms with Gasteiger partial charge in [0, 0.05) is 18.8 Å². The van der Waals surface area contributed by atoms with Crippen molar-refractivity contribution in [2.24, 2.45) is 11.8 Å². The molecule has 0 heterocycles. The Bertz CT molecular complexity index is 315. The van der Waals surface area contributed by atoms with Crippen molar-refractivity contribution < 1.29 is 9.59 Å². The largest absolute Gasteiger partial charge is 0.299 e. The summed E-state index contributed by atoms with van der Waals surface area (Å²) in [6.45, 7) is 0. The monoisotopic (exact) mass is 188 g/mol. The van der Waals surface area contributed by atoms with E-state index in [9.17, 15) is 9.59 Å². The van der Waals surface area contributed by atoms with E-state index in [2.05, 4.69) is 0 Å². The molecule has 0 radical (unpaired) electrons. The van der Waals surface area contributed by atoms with Crippen molar-refractivity contribution in [3.8, 4) is 0 Å². The lowest BCUT2D eigenvalue weighted by Crippen LogP contribution is -2.21. The minimum Gasteiger partial charge on any atom is -0.299 e. The first kappa shape index (κ1) is 9.13. The molecule has 0 aromatic rings. The van der Waals surface area contributed by atoms with E-state index in [0.29, 0.717) is 12.8 Å². The molecule has 0 amide bonds. The molecule has 1 fully saturated rings. The Balaban J connectivity index is 2.22. The summed E-state index contributed by atoms with van der Waals surface area (Å²) >= 11 is 0. The van der Waals surface area contributed by atoms with Gasteiger partial charge in [0.1, 0.15) is 11.6 Å². The lowest BCUT2D eigenvalue weighted by atomic mass is 9.89. The predicted octanol–water partition coefficient (Wildman–Crippen LogP) is 1.83. The third-order valence-corrected chi connectivity index (χ3v) is 2.70. The van der Waals surface area contributed by atoms with Gasteiger partial charge in [-0.3, -0.25) is 9.59 Å². The van der Waals surface area contributed by atoms with Gasteiger partial charge in [-0.2, -0.15) is 0 Å². The maximum absolute atomic E-state index is 11.5. The summed E-state index contributed by atoms with van der Waals surface area (Å²) in [5.41, 5.74) is 0. The highest BCUT2D eigenvalue weighted by Crippen LogP contribution is 2.27. The molecule has 0 aromatic carbocycles. The first-order chi connectivity index (χ1) is 6.79. The molecular formula is C12H12O2. The van der Waals surface area contributed by atoms with Gasteiger partial charge in [0.25, 0.3) is 0 Å². The second-order valence-electron chi connectivity index (χ2n) is 3.64. The number of ketones is 2. The SMILES string of the molecule is O=C1CCC(=O)C1C1C=CC=CC=C1. The molecule has 2 rings (SSSR count). The van der Waals surface area contributed by atoms with Crippen LogP contribution in [-0.4, -0.2) is 11.6 Å². The molecule has 0 bridgehead atoms. The molecule has 2 nitrogen and oxygen atoms in total. The normalized spacial score (nSPS) is 23.4. The highest BCUT2D eigenvalue weighted by molar-refractivity contribution is 6.09. The van der Waals surface area contributed by atoms with Crippen LogP contribution < -0.4 is 0 Å². The fourth-order valence-corrected chi connectivity index (χ4v) is 1.97. The zero-order valence-electron chi connectivity index (χ0n) is 7.85. The Morgan fingerprint density at radius 3 is 1.86 bits per heavy atom. The molecule has 2 aliphatic rings. The molecule has 1 saturated carbocycles. The van der Waals surface area contributed by atoms with Crippen LogP contribution in [0.4, 0.5) is 0 Å². The molecule has 0 atom stereocenters. The molecule has 72 valence electrons. The average molecular weight is 188 g/mol. The molecule has 0 unspecified atom stereocenters. The maximum Gasteiger partial charge on any atom is 0.144 e. The quantitative estimate of drug-likeness (QED) is 0.588. The minimum absolute atomic E-state index is 0.0347. The lowest BCUT2D eigenvalue weighted by molar-refractivity contribution is -0.127. The van der Waals surface area contributed by atoms with Crippen LogP contribution in [0.1, 0.15) is 12.8 Å². The molecule has 14 heavy (non-hydrogen) atoms. The number of carbonyl (C=O) groups is 2. The Morgan fingerprint density at radius 2 is 1.36 bits per heavy atom. The predicted molar refractivity (Wildman–Crippen MR) is 53.6 cm³/mol. The Labute approximate surface area is 83.0 Å². The van der Waals surface area contributed by atoms with E-state index in [1.54, 1.807) is 0 Å². The van der Waals surface area contributed by atoms with Crippen molar-refractivity contribution in [2.75, 3.05) is 0 Å². The lowest BCUT2D eigenvalue weighted by Gasteiger charge is -2.12. The molecule has 0 N–H and O–H groups in total. The van der Waals surface area contributed by atoms with Crippen molar-refractivity contribution in [3.05, 3.63) is 36.5 Å².